The number of amides is 2. The number of methoxy groups -OCH3 is 2. The molecule has 0 atom stereocenters. The van der Waals surface area contributed by atoms with E-state index in [1.807, 2.05) is 43.3 Å². The van der Waals surface area contributed by atoms with Gasteiger partial charge in [-0.3, -0.25) is 9.59 Å². The van der Waals surface area contributed by atoms with Crippen LogP contribution in [0.4, 0.5) is 5.69 Å². The van der Waals surface area contributed by atoms with Crippen LogP contribution < -0.4 is 24.8 Å². The lowest BCUT2D eigenvalue weighted by molar-refractivity contribution is -0.118. The van der Waals surface area contributed by atoms with E-state index in [-0.39, 0.29) is 18.4 Å². The average molecular weight is 449 g/mol. The van der Waals surface area contributed by atoms with Crippen LogP contribution in [0.1, 0.15) is 21.5 Å². The molecule has 0 saturated carbocycles. The Hall–Kier alpha value is -4.00. The number of carbonyl (C=O) groups is 2. The number of anilines is 1. The summed E-state index contributed by atoms with van der Waals surface area (Å²) in [6, 6.07) is 20.0. The zero-order chi connectivity index (χ0) is 23.6. The summed E-state index contributed by atoms with van der Waals surface area (Å²) < 4.78 is 16.1. The molecule has 0 heterocycles. The highest BCUT2D eigenvalue weighted by molar-refractivity contribution is 6.04. The van der Waals surface area contributed by atoms with Gasteiger partial charge in [-0.15, -0.1) is 0 Å². The number of benzene rings is 3. The summed E-state index contributed by atoms with van der Waals surface area (Å²) in [4.78, 5) is 25.1. The van der Waals surface area contributed by atoms with Crippen LogP contribution in [0.15, 0.2) is 66.7 Å². The van der Waals surface area contributed by atoms with Crippen LogP contribution in [0.3, 0.4) is 0 Å². The van der Waals surface area contributed by atoms with Gasteiger partial charge in [-0.2, -0.15) is 0 Å². The van der Waals surface area contributed by atoms with Gasteiger partial charge in [0.25, 0.3) is 11.8 Å². The molecule has 0 radical (unpaired) electrons. The predicted octanol–water partition coefficient (Wildman–Crippen LogP) is 4.00. The van der Waals surface area contributed by atoms with Crippen molar-refractivity contribution in [1.82, 2.24) is 5.32 Å². The predicted molar refractivity (Wildman–Crippen MR) is 127 cm³/mol. The second kappa shape index (κ2) is 11.6. The van der Waals surface area contributed by atoms with Crippen molar-refractivity contribution in [2.24, 2.45) is 0 Å². The standard InChI is InChI=1S/C26H28N2O5/c1-18-7-6-8-20(15-18)33-17-25(29)28-22-10-5-4-9-21(22)26(30)27-14-13-19-11-12-23(31-2)24(16-19)32-3/h4-12,15-16H,13-14,17H2,1-3H3,(H,27,30)(H,28,29). The molecule has 0 aliphatic rings. The maximum Gasteiger partial charge on any atom is 0.262 e. The molecule has 0 aromatic heterocycles. The fourth-order valence-corrected chi connectivity index (χ4v) is 3.28. The lowest BCUT2D eigenvalue weighted by Gasteiger charge is -2.13. The Labute approximate surface area is 193 Å². The van der Waals surface area contributed by atoms with E-state index >= 15 is 0 Å². The summed E-state index contributed by atoms with van der Waals surface area (Å²) in [5.74, 6) is 1.29. The fourth-order valence-electron chi connectivity index (χ4n) is 3.28. The Morgan fingerprint density at radius 3 is 2.42 bits per heavy atom. The number of para-hydroxylation sites is 1. The molecule has 0 aliphatic carbocycles. The van der Waals surface area contributed by atoms with Crippen LogP contribution >= 0.6 is 0 Å². The smallest absolute Gasteiger partial charge is 0.262 e. The van der Waals surface area contributed by atoms with Crippen molar-refractivity contribution in [2.75, 3.05) is 32.7 Å². The minimum absolute atomic E-state index is 0.154. The number of rotatable bonds is 10. The minimum Gasteiger partial charge on any atom is -0.493 e. The van der Waals surface area contributed by atoms with E-state index in [2.05, 4.69) is 10.6 Å². The quantitative estimate of drug-likeness (QED) is 0.490. The number of carbonyl (C=O) groups excluding carboxylic acids is 2. The van der Waals surface area contributed by atoms with Crippen molar-refractivity contribution in [2.45, 2.75) is 13.3 Å². The number of ether oxygens (including phenoxy) is 3. The molecule has 7 nitrogen and oxygen atoms in total. The zero-order valence-corrected chi connectivity index (χ0v) is 19.0. The van der Waals surface area contributed by atoms with Crippen molar-refractivity contribution in [3.05, 3.63) is 83.4 Å². The molecule has 0 fully saturated rings. The fraction of sp³-hybridized carbons (Fsp3) is 0.231. The first kappa shape index (κ1) is 23.7. The van der Waals surface area contributed by atoms with Crippen LogP contribution in [0.2, 0.25) is 0 Å². The van der Waals surface area contributed by atoms with Gasteiger partial charge in [0.05, 0.1) is 25.5 Å². The topological polar surface area (TPSA) is 85.9 Å². The number of hydrogen-bond donors (Lipinski definition) is 2. The summed E-state index contributed by atoms with van der Waals surface area (Å²) in [6.45, 7) is 2.22. The molecule has 0 unspecified atom stereocenters. The molecule has 0 aliphatic heterocycles. The maximum atomic E-state index is 12.7. The highest BCUT2D eigenvalue weighted by Gasteiger charge is 2.13. The van der Waals surface area contributed by atoms with Gasteiger partial charge in [-0.1, -0.05) is 30.3 Å². The van der Waals surface area contributed by atoms with Gasteiger partial charge in [0.1, 0.15) is 5.75 Å². The summed E-state index contributed by atoms with van der Waals surface area (Å²) in [7, 11) is 3.17. The highest BCUT2D eigenvalue weighted by Crippen LogP contribution is 2.27. The number of nitrogens with one attached hydrogen (secondary N) is 2. The molecular formula is C26H28N2O5. The summed E-state index contributed by atoms with van der Waals surface area (Å²) in [5, 5.41) is 5.65. The molecule has 0 spiro atoms. The van der Waals surface area contributed by atoms with E-state index < -0.39 is 0 Å². The number of aryl methyl sites for hydroxylation is 1. The van der Waals surface area contributed by atoms with E-state index in [4.69, 9.17) is 14.2 Å². The van der Waals surface area contributed by atoms with Crippen LogP contribution in [-0.2, 0) is 11.2 Å². The maximum absolute atomic E-state index is 12.7. The number of hydrogen-bond acceptors (Lipinski definition) is 5. The SMILES string of the molecule is COc1ccc(CCNC(=O)c2ccccc2NC(=O)COc2cccc(C)c2)cc1OC. The van der Waals surface area contributed by atoms with Crippen LogP contribution in [0, 0.1) is 6.92 Å². The lowest BCUT2D eigenvalue weighted by atomic mass is 10.1. The van der Waals surface area contributed by atoms with Crippen LogP contribution in [-0.4, -0.2) is 39.2 Å². The average Bonchev–Trinajstić information content (AvgIpc) is 2.83. The van der Waals surface area contributed by atoms with Crippen molar-refractivity contribution >= 4 is 17.5 Å². The van der Waals surface area contributed by atoms with Crippen molar-refractivity contribution < 1.29 is 23.8 Å². The third kappa shape index (κ3) is 6.74. The van der Waals surface area contributed by atoms with Crippen LogP contribution in [0.5, 0.6) is 17.2 Å². The molecule has 2 N–H and O–H groups in total. The largest absolute Gasteiger partial charge is 0.493 e. The summed E-state index contributed by atoms with van der Waals surface area (Å²) >= 11 is 0. The van der Waals surface area contributed by atoms with Gasteiger partial charge < -0.3 is 24.8 Å². The summed E-state index contributed by atoms with van der Waals surface area (Å²) in [6.07, 6.45) is 0.616. The summed E-state index contributed by atoms with van der Waals surface area (Å²) in [5.41, 5.74) is 2.86. The van der Waals surface area contributed by atoms with Gasteiger partial charge in [-0.25, -0.2) is 0 Å². The lowest BCUT2D eigenvalue weighted by Crippen LogP contribution is -2.28. The normalized spacial score (nSPS) is 10.3. The molecule has 2 amide bonds. The molecular weight excluding hydrogens is 420 g/mol. The molecule has 33 heavy (non-hydrogen) atoms. The highest BCUT2D eigenvalue weighted by atomic mass is 16.5. The van der Waals surface area contributed by atoms with Crippen molar-refractivity contribution in [3.8, 4) is 17.2 Å². The Morgan fingerprint density at radius 1 is 0.879 bits per heavy atom. The van der Waals surface area contributed by atoms with Crippen LogP contribution in [0.25, 0.3) is 0 Å². The third-order valence-electron chi connectivity index (χ3n) is 4.95. The van der Waals surface area contributed by atoms with E-state index in [0.717, 1.165) is 11.1 Å². The van der Waals surface area contributed by atoms with Gasteiger partial charge >= 0.3 is 0 Å². The van der Waals surface area contributed by atoms with Crippen molar-refractivity contribution in [3.63, 3.8) is 0 Å². The molecule has 3 aromatic rings. The second-order valence-corrected chi connectivity index (χ2v) is 7.39. The van der Waals surface area contributed by atoms with Gasteiger partial charge in [0, 0.05) is 6.54 Å². The van der Waals surface area contributed by atoms with E-state index in [1.54, 1.807) is 44.6 Å². The minimum atomic E-state index is -0.345. The van der Waals surface area contributed by atoms with Gasteiger partial charge in [-0.05, 0) is 60.9 Å². The Morgan fingerprint density at radius 2 is 1.67 bits per heavy atom. The van der Waals surface area contributed by atoms with Crippen molar-refractivity contribution in [1.29, 1.82) is 0 Å². The molecule has 3 aromatic carbocycles. The second-order valence-electron chi connectivity index (χ2n) is 7.39. The molecule has 0 bridgehead atoms. The molecule has 0 saturated heterocycles. The Balaban J connectivity index is 1.55. The monoisotopic (exact) mass is 448 g/mol. The molecule has 172 valence electrons. The first-order valence-corrected chi connectivity index (χ1v) is 10.6. The third-order valence-corrected chi connectivity index (χ3v) is 4.95. The first-order valence-electron chi connectivity index (χ1n) is 10.6. The van der Waals surface area contributed by atoms with E-state index in [9.17, 15) is 9.59 Å². The van der Waals surface area contributed by atoms with E-state index in [1.165, 1.54) is 0 Å². The molecule has 7 heteroatoms. The van der Waals surface area contributed by atoms with Gasteiger partial charge in [0.2, 0.25) is 0 Å². The van der Waals surface area contributed by atoms with Gasteiger partial charge in [0.15, 0.2) is 18.1 Å². The zero-order valence-electron chi connectivity index (χ0n) is 19.0. The first-order chi connectivity index (χ1) is 16.0. The Kier molecular flexibility index (Phi) is 8.30. The molecule has 3 rings (SSSR count). The Bertz CT molecular complexity index is 1110. The van der Waals surface area contributed by atoms with E-state index in [0.29, 0.717) is 41.5 Å².